The Morgan fingerprint density at radius 2 is 2.05 bits per heavy atom. The predicted molar refractivity (Wildman–Crippen MR) is 76.6 cm³/mol. The molecule has 2 aliphatic rings. The van der Waals surface area contributed by atoms with E-state index in [1.807, 2.05) is 0 Å². The Labute approximate surface area is 119 Å². The molecule has 7 heteroatoms. The maximum atomic E-state index is 12.7. The average molecular weight is 296 g/mol. The molecule has 0 aromatic carbocycles. The number of anilines is 1. The van der Waals surface area contributed by atoms with Crippen LogP contribution in [0, 0.1) is 0 Å². The zero-order chi connectivity index (χ0) is 14.3. The van der Waals surface area contributed by atoms with E-state index in [1.54, 1.807) is 4.31 Å². The quantitative estimate of drug-likeness (QED) is 0.861. The minimum atomic E-state index is -3.54. The van der Waals surface area contributed by atoms with Gasteiger partial charge in [0.2, 0.25) is 10.0 Å². The zero-order valence-electron chi connectivity index (χ0n) is 11.6. The van der Waals surface area contributed by atoms with Gasteiger partial charge in [-0.15, -0.1) is 0 Å². The summed E-state index contributed by atoms with van der Waals surface area (Å²) in [5, 5.41) is 0. The van der Waals surface area contributed by atoms with Crippen LogP contribution in [0.5, 0.6) is 0 Å². The van der Waals surface area contributed by atoms with Crippen molar-refractivity contribution in [2.24, 2.45) is 0 Å². The number of sulfonamides is 1. The van der Waals surface area contributed by atoms with Gasteiger partial charge in [0, 0.05) is 37.6 Å². The van der Waals surface area contributed by atoms with Gasteiger partial charge in [-0.05, 0) is 32.4 Å². The first-order valence-corrected chi connectivity index (χ1v) is 8.35. The van der Waals surface area contributed by atoms with Gasteiger partial charge in [-0.3, -0.25) is 9.88 Å². The van der Waals surface area contributed by atoms with Gasteiger partial charge in [0.1, 0.15) is 4.90 Å². The number of nitrogens with two attached hydrogens (primary N) is 1. The molecule has 2 atom stereocenters. The van der Waals surface area contributed by atoms with Crippen LogP contribution in [0.2, 0.25) is 0 Å². The molecular weight excluding hydrogens is 276 g/mol. The highest BCUT2D eigenvalue weighted by molar-refractivity contribution is 7.89. The number of pyridine rings is 1. The van der Waals surface area contributed by atoms with Gasteiger partial charge in [0.05, 0.1) is 5.69 Å². The van der Waals surface area contributed by atoms with Crippen LogP contribution in [-0.4, -0.2) is 54.8 Å². The monoisotopic (exact) mass is 296 g/mol. The van der Waals surface area contributed by atoms with Gasteiger partial charge < -0.3 is 5.73 Å². The van der Waals surface area contributed by atoms with E-state index in [0.29, 0.717) is 25.2 Å². The van der Waals surface area contributed by atoms with Crippen molar-refractivity contribution in [2.75, 3.05) is 25.9 Å². The van der Waals surface area contributed by atoms with Crippen molar-refractivity contribution in [3.63, 3.8) is 0 Å². The Morgan fingerprint density at radius 3 is 2.80 bits per heavy atom. The molecule has 110 valence electrons. The summed E-state index contributed by atoms with van der Waals surface area (Å²) in [5.74, 6) is 0. The van der Waals surface area contributed by atoms with Crippen molar-refractivity contribution in [3.05, 3.63) is 18.5 Å². The molecule has 20 heavy (non-hydrogen) atoms. The Morgan fingerprint density at radius 1 is 1.30 bits per heavy atom. The van der Waals surface area contributed by atoms with E-state index in [2.05, 4.69) is 16.9 Å². The van der Waals surface area contributed by atoms with Gasteiger partial charge >= 0.3 is 0 Å². The molecule has 0 amide bonds. The fraction of sp³-hybridized carbons (Fsp3) is 0.615. The van der Waals surface area contributed by atoms with Crippen molar-refractivity contribution in [2.45, 2.75) is 36.2 Å². The lowest BCUT2D eigenvalue weighted by molar-refractivity contribution is 0.246. The topological polar surface area (TPSA) is 79.5 Å². The van der Waals surface area contributed by atoms with Crippen molar-refractivity contribution >= 4 is 15.7 Å². The van der Waals surface area contributed by atoms with E-state index in [1.165, 1.54) is 24.9 Å². The van der Waals surface area contributed by atoms with Gasteiger partial charge in [0.15, 0.2) is 0 Å². The van der Waals surface area contributed by atoms with E-state index in [9.17, 15) is 8.42 Å². The number of nitrogen functional groups attached to an aromatic ring is 1. The van der Waals surface area contributed by atoms with Crippen LogP contribution in [0.4, 0.5) is 5.69 Å². The van der Waals surface area contributed by atoms with Crippen molar-refractivity contribution in [1.82, 2.24) is 14.2 Å². The lowest BCUT2D eigenvalue weighted by Gasteiger charge is -2.25. The lowest BCUT2D eigenvalue weighted by atomic mass is 10.1. The second-order valence-electron chi connectivity index (χ2n) is 5.62. The van der Waals surface area contributed by atoms with E-state index < -0.39 is 10.0 Å². The van der Waals surface area contributed by atoms with E-state index >= 15 is 0 Å². The highest BCUT2D eigenvalue weighted by Gasteiger charge is 2.39. The third-order valence-corrected chi connectivity index (χ3v) is 6.45. The summed E-state index contributed by atoms with van der Waals surface area (Å²) in [6.07, 6.45) is 5.97. The largest absolute Gasteiger partial charge is 0.398 e. The molecule has 2 aliphatic heterocycles. The Bertz CT molecular complexity index is 604. The van der Waals surface area contributed by atoms with Crippen LogP contribution >= 0.6 is 0 Å². The second kappa shape index (κ2) is 4.98. The summed E-state index contributed by atoms with van der Waals surface area (Å²) in [5.41, 5.74) is 6.07. The first-order chi connectivity index (χ1) is 9.50. The third kappa shape index (κ3) is 2.19. The van der Waals surface area contributed by atoms with Crippen molar-refractivity contribution in [1.29, 1.82) is 0 Å². The van der Waals surface area contributed by atoms with Gasteiger partial charge in [0.25, 0.3) is 0 Å². The summed E-state index contributed by atoms with van der Waals surface area (Å²) in [6.45, 7) is 1.10. The van der Waals surface area contributed by atoms with E-state index in [0.717, 1.165) is 12.8 Å². The first-order valence-electron chi connectivity index (χ1n) is 6.91. The Kier molecular flexibility index (Phi) is 3.43. The van der Waals surface area contributed by atoms with Crippen LogP contribution in [0.15, 0.2) is 23.4 Å². The van der Waals surface area contributed by atoms with Crippen LogP contribution in [0.3, 0.4) is 0 Å². The third-order valence-electron chi connectivity index (χ3n) is 4.55. The summed E-state index contributed by atoms with van der Waals surface area (Å²) in [6, 6.07) is 2.35. The Hall–Kier alpha value is -1.18. The van der Waals surface area contributed by atoms with Crippen molar-refractivity contribution in [3.8, 4) is 0 Å². The molecule has 2 bridgehead atoms. The van der Waals surface area contributed by atoms with Crippen LogP contribution in [0.25, 0.3) is 0 Å². The standard InChI is InChI=1S/C13H20N4O2S/c1-16-10-2-3-11(16)9-17(7-5-10)20(18,19)13-8-15-6-4-12(13)14/h4,6,8,10-11H,2-3,5,7,9H2,1H3,(H2,14,15). The van der Waals surface area contributed by atoms with E-state index in [-0.39, 0.29) is 10.6 Å². The smallest absolute Gasteiger partial charge is 0.246 e. The van der Waals surface area contributed by atoms with Crippen LogP contribution < -0.4 is 5.73 Å². The van der Waals surface area contributed by atoms with Gasteiger partial charge in [-0.1, -0.05) is 0 Å². The molecule has 0 radical (unpaired) electrons. The number of hydrogen-bond acceptors (Lipinski definition) is 5. The number of aromatic nitrogens is 1. The summed E-state index contributed by atoms with van der Waals surface area (Å²) in [4.78, 5) is 6.34. The average Bonchev–Trinajstić information content (AvgIpc) is 2.62. The molecule has 0 spiro atoms. The normalized spacial score (nSPS) is 28.4. The fourth-order valence-corrected chi connectivity index (χ4v) is 4.79. The highest BCUT2D eigenvalue weighted by Crippen LogP contribution is 2.31. The molecule has 2 saturated heterocycles. The van der Waals surface area contributed by atoms with Crippen LogP contribution in [0.1, 0.15) is 19.3 Å². The summed E-state index contributed by atoms with van der Waals surface area (Å²) >= 11 is 0. The summed E-state index contributed by atoms with van der Waals surface area (Å²) < 4.78 is 27.0. The minimum Gasteiger partial charge on any atom is -0.398 e. The van der Waals surface area contributed by atoms with Crippen molar-refractivity contribution < 1.29 is 8.42 Å². The van der Waals surface area contributed by atoms with Gasteiger partial charge in [-0.25, -0.2) is 8.42 Å². The molecular formula is C13H20N4O2S. The Balaban J connectivity index is 1.91. The second-order valence-corrected chi connectivity index (χ2v) is 7.52. The molecule has 0 aliphatic carbocycles. The fourth-order valence-electron chi connectivity index (χ4n) is 3.24. The molecule has 2 N–H and O–H groups in total. The maximum Gasteiger partial charge on any atom is 0.246 e. The number of fused-ring (bicyclic) bond motifs is 2. The molecule has 2 fully saturated rings. The SMILES string of the molecule is CN1C2CCC1CN(S(=O)(=O)c1cnccc1N)CC2. The zero-order valence-corrected chi connectivity index (χ0v) is 12.4. The molecule has 6 nitrogen and oxygen atoms in total. The predicted octanol–water partition coefficient (Wildman–Crippen LogP) is 0.521. The minimum absolute atomic E-state index is 0.125. The molecule has 1 aromatic heterocycles. The number of hydrogen-bond donors (Lipinski definition) is 1. The number of rotatable bonds is 2. The van der Waals surface area contributed by atoms with Gasteiger partial charge in [-0.2, -0.15) is 4.31 Å². The first kappa shape index (κ1) is 13.8. The maximum absolute atomic E-state index is 12.7. The lowest BCUT2D eigenvalue weighted by Crippen LogP contribution is -2.39. The molecule has 3 rings (SSSR count). The molecule has 0 saturated carbocycles. The number of likely N-dealkylation sites (N-methyl/N-ethyl adjacent to an activating group) is 1. The van der Waals surface area contributed by atoms with E-state index in [4.69, 9.17) is 5.73 Å². The molecule has 3 heterocycles. The molecule has 1 aromatic rings. The van der Waals surface area contributed by atoms with Crippen LogP contribution in [-0.2, 0) is 10.0 Å². The highest BCUT2D eigenvalue weighted by atomic mass is 32.2. The molecule has 2 unspecified atom stereocenters. The summed E-state index contributed by atoms with van der Waals surface area (Å²) in [7, 11) is -1.45. The number of nitrogens with zero attached hydrogens (tertiary/aromatic N) is 3.